The molecule has 3 aliphatic heterocycles. The van der Waals surface area contributed by atoms with Crippen molar-refractivity contribution in [1.82, 2.24) is 20.2 Å². The zero-order chi connectivity index (χ0) is 18.9. The number of hydrogen-bond acceptors (Lipinski definition) is 8. The van der Waals surface area contributed by atoms with Crippen LogP contribution in [0.5, 0.6) is 0 Å². The number of rotatable bonds is 7. The molecule has 3 amide bonds. The number of hydroxylamine groups is 2. The minimum atomic E-state index is -4.86. The predicted molar refractivity (Wildman–Crippen MR) is 86.8 cm³/mol. The molecule has 3 saturated heterocycles. The summed E-state index contributed by atoms with van der Waals surface area (Å²) in [5.74, 6) is -0.821. The maximum Gasteiger partial charge on any atom is 0.418 e. The first-order valence-corrected chi connectivity index (χ1v) is 9.74. The zero-order valence-electron chi connectivity index (χ0n) is 14.2. The second-order valence-corrected chi connectivity index (χ2v) is 7.51. The van der Waals surface area contributed by atoms with Crippen molar-refractivity contribution in [2.24, 2.45) is 5.73 Å². The fourth-order valence-electron chi connectivity index (χ4n) is 3.60. The van der Waals surface area contributed by atoms with Crippen molar-refractivity contribution in [2.75, 3.05) is 45.9 Å². The molecule has 13 heteroatoms. The van der Waals surface area contributed by atoms with Gasteiger partial charge in [-0.2, -0.15) is 13.5 Å². The third-order valence-corrected chi connectivity index (χ3v) is 5.26. The lowest BCUT2D eigenvalue weighted by Crippen LogP contribution is -2.62. The third-order valence-electron chi connectivity index (χ3n) is 4.91. The Bertz CT molecular complexity index is 668. The molecular weight excluding hydrogens is 370 g/mol. The smallest absolute Gasteiger partial charge is 0.365 e. The van der Waals surface area contributed by atoms with Crippen molar-refractivity contribution < 1.29 is 31.6 Å². The third kappa shape index (κ3) is 3.77. The number of nitrogens with two attached hydrogens (primary N) is 1. The van der Waals surface area contributed by atoms with Crippen molar-refractivity contribution in [2.45, 2.75) is 24.6 Å². The van der Waals surface area contributed by atoms with Crippen LogP contribution in [-0.2, 0) is 24.2 Å². The van der Waals surface area contributed by atoms with E-state index in [4.69, 9.17) is 15.0 Å². The Hall–Kier alpha value is -1.51. The Labute approximate surface area is 151 Å². The molecule has 3 aliphatic rings. The van der Waals surface area contributed by atoms with Gasteiger partial charge in [-0.1, -0.05) is 0 Å². The summed E-state index contributed by atoms with van der Waals surface area (Å²) in [5, 5.41) is 3.79. The highest BCUT2D eigenvalue weighted by Gasteiger charge is 2.58. The van der Waals surface area contributed by atoms with E-state index in [-0.39, 0.29) is 26.0 Å². The second kappa shape index (κ2) is 7.25. The molecule has 2 atom stereocenters. The lowest BCUT2D eigenvalue weighted by atomic mass is 9.96. The van der Waals surface area contributed by atoms with Crippen molar-refractivity contribution in [3.05, 3.63) is 0 Å². The van der Waals surface area contributed by atoms with Crippen LogP contribution in [0, 0.1) is 0 Å². The molecule has 0 aromatic carbocycles. The summed E-state index contributed by atoms with van der Waals surface area (Å²) in [5.41, 5.74) is 3.88. The number of nitrogens with one attached hydrogen (secondary N) is 1. The molecule has 12 nitrogen and oxygen atoms in total. The summed E-state index contributed by atoms with van der Waals surface area (Å²) in [6, 6.07) is -1.50. The number of piperazine rings is 1. The molecule has 0 aromatic heterocycles. The second-order valence-electron chi connectivity index (χ2n) is 6.50. The quantitative estimate of drug-likeness (QED) is 0.406. The van der Waals surface area contributed by atoms with Crippen molar-refractivity contribution in [3.63, 3.8) is 0 Å². The lowest BCUT2D eigenvalue weighted by Gasteiger charge is -2.40. The fourth-order valence-corrected chi connectivity index (χ4v) is 3.98. The molecule has 0 saturated carbocycles. The summed E-state index contributed by atoms with van der Waals surface area (Å²) >= 11 is 0. The molecule has 0 spiro atoms. The first-order chi connectivity index (χ1) is 12.2. The average molecular weight is 393 g/mol. The van der Waals surface area contributed by atoms with Gasteiger partial charge in [0.05, 0.1) is 12.6 Å². The molecule has 0 radical (unpaired) electrons. The van der Waals surface area contributed by atoms with Crippen LogP contribution in [0.3, 0.4) is 0 Å². The number of carbonyl (C=O) groups is 2. The minimum absolute atomic E-state index is 0.0188. The molecular formula is C13H23N5O7S. The number of fused-ring (bicyclic) bond motifs is 2. The van der Waals surface area contributed by atoms with E-state index in [0.717, 1.165) is 31.1 Å². The van der Waals surface area contributed by atoms with Gasteiger partial charge in [-0.15, -0.1) is 4.28 Å². The van der Waals surface area contributed by atoms with E-state index >= 15 is 0 Å². The van der Waals surface area contributed by atoms with Gasteiger partial charge in [0.2, 0.25) is 5.72 Å². The van der Waals surface area contributed by atoms with E-state index in [0.29, 0.717) is 11.6 Å². The Morgan fingerprint density at radius 1 is 1.38 bits per heavy atom. The summed E-state index contributed by atoms with van der Waals surface area (Å²) < 4.78 is 40.9. The molecule has 26 heavy (non-hydrogen) atoms. The molecule has 0 aromatic rings. The van der Waals surface area contributed by atoms with E-state index in [9.17, 15) is 18.0 Å². The number of primary amides is 1. The van der Waals surface area contributed by atoms with E-state index in [1.54, 1.807) is 0 Å². The molecule has 0 aliphatic carbocycles. The van der Waals surface area contributed by atoms with E-state index < -0.39 is 34.1 Å². The molecule has 0 unspecified atom stereocenters. The molecule has 4 N–H and O–H groups in total. The predicted octanol–water partition coefficient (Wildman–Crippen LogP) is -2.28. The first kappa shape index (κ1) is 19.3. The number of nitrogens with zero attached hydrogens (tertiary/aromatic N) is 3. The first-order valence-electron chi connectivity index (χ1n) is 8.38. The van der Waals surface area contributed by atoms with Gasteiger partial charge in [0.15, 0.2) is 0 Å². The number of carbonyl (C=O) groups excluding carboxylic acids is 2. The Kier molecular flexibility index (Phi) is 5.37. The van der Waals surface area contributed by atoms with Gasteiger partial charge in [-0.05, 0) is 6.42 Å². The van der Waals surface area contributed by atoms with Crippen LogP contribution in [0.15, 0.2) is 0 Å². The lowest BCUT2D eigenvalue weighted by molar-refractivity contribution is -0.174. The molecule has 2 bridgehead atoms. The number of piperidine rings is 1. The fraction of sp³-hybridized carbons (Fsp3) is 0.846. The summed E-state index contributed by atoms with van der Waals surface area (Å²) in [7, 11) is -4.86. The normalized spacial score (nSPS) is 30.0. The molecule has 148 valence electrons. The largest absolute Gasteiger partial charge is 0.418 e. The van der Waals surface area contributed by atoms with Gasteiger partial charge in [-0.25, -0.2) is 4.79 Å². The summed E-state index contributed by atoms with van der Waals surface area (Å²) in [6.45, 7) is 4.24. The SMILES string of the molecule is NC(=O)[C@@]1(OCCN2CCNCC2)CC[C@@H]2CN1C(=O)N2OS(=O)(=O)O. The topological polar surface area (TPSA) is 155 Å². The maximum atomic E-state index is 12.5. The van der Waals surface area contributed by atoms with Crippen molar-refractivity contribution in [3.8, 4) is 0 Å². The van der Waals surface area contributed by atoms with Gasteiger partial charge < -0.3 is 15.8 Å². The van der Waals surface area contributed by atoms with E-state index in [1.807, 2.05) is 0 Å². The van der Waals surface area contributed by atoms with Gasteiger partial charge in [-0.3, -0.25) is 19.1 Å². The van der Waals surface area contributed by atoms with Gasteiger partial charge in [0, 0.05) is 45.7 Å². The average Bonchev–Trinajstić information content (AvgIpc) is 2.83. The van der Waals surface area contributed by atoms with Crippen LogP contribution in [0.4, 0.5) is 4.79 Å². The van der Waals surface area contributed by atoms with Crippen LogP contribution in [0.1, 0.15) is 12.8 Å². The Morgan fingerprint density at radius 3 is 2.69 bits per heavy atom. The highest BCUT2D eigenvalue weighted by molar-refractivity contribution is 7.80. The highest BCUT2D eigenvalue weighted by atomic mass is 32.3. The van der Waals surface area contributed by atoms with Crippen molar-refractivity contribution >= 4 is 22.3 Å². The van der Waals surface area contributed by atoms with E-state index in [1.165, 1.54) is 0 Å². The van der Waals surface area contributed by atoms with Crippen LogP contribution in [0.25, 0.3) is 0 Å². The van der Waals surface area contributed by atoms with Crippen LogP contribution < -0.4 is 11.1 Å². The van der Waals surface area contributed by atoms with Crippen LogP contribution in [-0.4, -0.2) is 97.4 Å². The van der Waals surface area contributed by atoms with Gasteiger partial charge >= 0.3 is 16.4 Å². The van der Waals surface area contributed by atoms with Gasteiger partial charge in [0.25, 0.3) is 5.91 Å². The number of amides is 3. The number of urea groups is 1. The standard InChI is InChI=1S/C13H23N5O7S/c14-11(19)13(24-8-7-16-5-3-15-4-6-16)2-1-10-9-17(13)12(20)18(10)25-26(21,22)23/h10,15H,1-9H2,(H2,14,19)(H,21,22,23)/t10-,13+/m1/s1. The van der Waals surface area contributed by atoms with Crippen LogP contribution >= 0.6 is 0 Å². The van der Waals surface area contributed by atoms with Crippen LogP contribution in [0.2, 0.25) is 0 Å². The number of ether oxygens (including phenoxy) is 1. The maximum absolute atomic E-state index is 12.5. The van der Waals surface area contributed by atoms with E-state index in [2.05, 4.69) is 14.5 Å². The summed E-state index contributed by atoms with van der Waals surface area (Å²) in [4.78, 5) is 27.9. The van der Waals surface area contributed by atoms with Gasteiger partial charge in [0.1, 0.15) is 0 Å². The molecule has 3 rings (SSSR count). The minimum Gasteiger partial charge on any atom is -0.365 e. The summed E-state index contributed by atoms with van der Waals surface area (Å²) in [6.07, 6.45) is 0.361. The highest BCUT2D eigenvalue weighted by Crippen LogP contribution is 2.38. The Morgan fingerprint density at radius 2 is 2.08 bits per heavy atom. The molecule has 3 fully saturated rings. The van der Waals surface area contributed by atoms with Crippen molar-refractivity contribution in [1.29, 1.82) is 0 Å². The zero-order valence-corrected chi connectivity index (χ0v) is 15.0. The Balaban J connectivity index is 1.69. The molecule has 3 heterocycles. The monoisotopic (exact) mass is 393 g/mol. The number of hydrogen-bond donors (Lipinski definition) is 3.